The maximum atomic E-state index is 13.8. The second kappa shape index (κ2) is 8.51. The first-order valence-corrected chi connectivity index (χ1v) is 8.34. The Kier molecular flexibility index (Phi) is 5.88. The first-order chi connectivity index (χ1) is 13.5. The predicted octanol–water partition coefficient (Wildman–Crippen LogP) is 4.35. The smallest absolute Gasteiger partial charge is 0.251 e. The number of benzene rings is 2. The van der Waals surface area contributed by atoms with Gasteiger partial charge in [0.25, 0.3) is 5.91 Å². The molecule has 0 spiro atoms. The van der Waals surface area contributed by atoms with Crippen molar-refractivity contribution >= 4 is 17.4 Å². The van der Waals surface area contributed by atoms with Crippen molar-refractivity contribution in [1.82, 2.24) is 10.3 Å². The van der Waals surface area contributed by atoms with Crippen LogP contribution in [-0.2, 0) is 6.42 Å². The number of carbonyl (C=O) groups is 1. The van der Waals surface area contributed by atoms with Gasteiger partial charge in [-0.15, -0.1) is 0 Å². The molecular weight excluding hydrogens is 374 g/mol. The third kappa shape index (κ3) is 4.46. The molecule has 1 heterocycles. The molecule has 28 heavy (non-hydrogen) atoms. The van der Waals surface area contributed by atoms with E-state index in [1.165, 1.54) is 24.4 Å². The summed E-state index contributed by atoms with van der Waals surface area (Å²) in [7, 11) is 0. The highest BCUT2D eigenvalue weighted by molar-refractivity contribution is 5.94. The van der Waals surface area contributed by atoms with Crippen molar-refractivity contribution < 1.29 is 22.4 Å². The van der Waals surface area contributed by atoms with Crippen molar-refractivity contribution in [3.05, 3.63) is 89.1 Å². The Morgan fingerprint density at radius 2 is 1.71 bits per heavy atom. The van der Waals surface area contributed by atoms with Crippen LogP contribution in [0.4, 0.5) is 29.1 Å². The van der Waals surface area contributed by atoms with Gasteiger partial charge in [-0.3, -0.25) is 4.79 Å². The lowest BCUT2D eigenvalue weighted by Crippen LogP contribution is -2.26. The molecule has 0 unspecified atom stereocenters. The fraction of sp³-hybridized carbons (Fsp3) is 0.100. The van der Waals surface area contributed by atoms with E-state index in [2.05, 4.69) is 15.6 Å². The summed E-state index contributed by atoms with van der Waals surface area (Å²) in [5.74, 6) is -5.01. The van der Waals surface area contributed by atoms with E-state index in [0.717, 1.165) is 12.1 Å². The maximum absolute atomic E-state index is 13.8. The number of hydrogen-bond donors (Lipinski definition) is 2. The molecule has 3 rings (SSSR count). The molecule has 0 saturated heterocycles. The van der Waals surface area contributed by atoms with Crippen LogP contribution in [0.3, 0.4) is 0 Å². The minimum Gasteiger partial charge on any atom is -0.352 e. The van der Waals surface area contributed by atoms with E-state index in [1.54, 1.807) is 18.2 Å². The maximum Gasteiger partial charge on any atom is 0.251 e. The fourth-order valence-corrected chi connectivity index (χ4v) is 2.51. The Labute approximate surface area is 158 Å². The van der Waals surface area contributed by atoms with E-state index in [9.17, 15) is 22.4 Å². The van der Waals surface area contributed by atoms with Gasteiger partial charge in [0.1, 0.15) is 11.6 Å². The lowest BCUT2D eigenvalue weighted by Gasteiger charge is -2.10. The Bertz CT molecular complexity index is 1010. The van der Waals surface area contributed by atoms with Gasteiger partial charge in [0, 0.05) is 18.3 Å². The quantitative estimate of drug-likeness (QED) is 0.487. The number of nitrogens with one attached hydrogen (secondary N) is 2. The first kappa shape index (κ1) is 19.3. The van der Waals surface area contributed by atoms with Crippen LogP contribution in [0.2, 0.25) is 0 Å². The number of halogens is 4. The van der Waals surface area contributed by atoms with Crippen molar-refractivity contribution in [2.75, 3.05) is 11.9 Å². The molecule has 0 fully saturated rings. The Hall–Kier alpha value is -3.42. The molecule has 0 atom stereocenters. The van der Waals surface area contributed by atoms with Crippen molar-refractivity contribution in [3.8, 4) is 0 Å². The van der Waals surface area contributed by atoms with Crippen LogP contribution in [0, 0.1) is 23.3 Å². The highest BCUT2D eigenvalue weighted by atomic mass is 19.2. The van der Waals surface area contributed by atoms with E-state index >= 15 is 0 Å². The molecule has 0 radical (unpaired) electrons. The minimum absolute atomic E-state index is 0.0756. The van der Waals surface area contributed by atoms with Gasteiger partial charge >= 0.3 is 0 Å². The topological polar surface area (TPSA) is 54.0 Å². The summed E-state index contributed by atoms with van der Waals surface area (Å²) in [5.41, 5.74) is 0.381. The van der Waals surface area contributed by atoms with Gasteiger partial charge in [0.2, 0.25) is 0 Å². The van der Waals surface area contributed by atoms with Crippen LogP contribution in [0.15, 0.2) is 54.7 Å². The van der Waals surface area contributed by atoms with E-state index in [-0.39, 0.29) is 29.4 Å². The Morgan fingerprint density at radius 1 is 0.929 bits per heavy atom. The fourth-order valence-electron chi connectivity index (χ4n) is 2.51. The molecule has 1 aromatic heterocycles. The summed E-state index contributed by atoms with van der Waals surface area (Å²) >= 11 is 0. The van der Waals surface area contributed by atoms with Gasteiger partial charge in [-0.25, -0.2) is 22.5 Å². The highest BCUT2D eigenvalue weighted by Crippen LogP contribution is 2.23. The molecule has 144 valence electrons. The highest BCUT2D eigenvalue weighted by Gasteiger charge is 2.14. The second-order valence-electron chi connectivity index (χ2n) is 5.87. The molecule has 0 aliphatic heterocycles. The zero-order valence-corrected chi connectivity index (χ0v) is 14.5. The lowest BCUT2D eigenvalue weighted by atomic mass is 10.1. The van der Waals surface area contributed by atoms with Crippen LogP contribution in [0.1, 0.15) is 15.9 Å². The summed E-state index contributed by atoms with van der Waals surface area (Å²) in [6.45, 7) is 0.211. The Morgan fingerprint density at radius 3 is 2.50 bits per heavy atom. The third-order valence-electron chi connectivity index (χ3n) is 3.96. The van der Waals surface area contributed by atoms with Gasteiger partial charge in [-0.2, -0.15) is 0 Å². The number of carbonyl (C=O) groups excluding carboxylic acids is 1. The van der Waals surface area contributed by atoms with Crippen LogP contribution in [-0.4, -0.2) is 17.4 Å². The van der Waals surface area contributed by atoms with E-state index in [4.69, 9.17) is 0 Å². The standard InChI is InChI=1S/C20H15F4N3O/c21-14-4-2-1-3-12(14)7-10-26-20(28)13-8-9-25-17(11-13)27-16-6-5-15(22)18(23)19(16)24/h1-6,8-9,11H,7,10H2,(H,25,27)(H,26,28). The molecule has 2 N–H and O–H groups in total. The normalized spacial score (nSPS) is 10.6. The molecule has 3 aromatic rings. The van der Waals surface area contributed by atoms with Gasteiger partial charge < -0.3 is 10.6 Å². The molecule has 2 aromatic carbocycles. The number of pyridine rings is 1. The SMILES string of the molecule is O=C(NCCc1ccccc1F)c1ccnc(Nc2ccc(F)c(F)c2F)c1. The second-order valence-corrected chi connectivity index (χ2v) is 5.87. The van der Waals surface area contributed by atoms with E-state index < -0.39 is 23.4 Å². The van der Waals surface area contributed by atoms with Gasteiger partial charge in [0.05, 0.1) is 5.69 Å². The summed E-state index contributed by atoms with van der Waals surface area (Å²) in [5, 5.41) is 5.15. The molecule has 4 nitrogen and oxygen atoms in total. The number of nitrogens with zero attached hydrogens (tertiary/aromatic N) is 1. The monoisotopic (exact) mass is 389 g/mol. The van der Waals surface area contributed by atoms with Gasteiger partial charge in [0.15, 0.2) is 17.5 Å². The number of aromatic nitrogens is 1. The summed E-state index contributed by atoms with van der Waals surface area (Å²) in [6, 6.07) is 10.8. The molecule has 1 amide bonds. The van der Waals surface area contributed by atoms with Gasteiger partial charge in [-0.05, 0) is 42.3 Å². The predicted molar refractivity (Wildman–Crippen MR) is 96.3 cm³/mol. The van der Waals surface area contributed by atoms with Crippen LogP contribution >= 0.6 is 0 Å². The van der Waals surface area contributed by atoms with Crippen molar-refractivity contribution in [2.45, 2.75) is 6.42 Å². The van der Waals surface area contributed by atoms with Crippen LogP contribution in [0.25, 0.3) is 0 Å². The zero-order valence-electron chi connectivity index (χ0n) is 14.5. The first-order valence-electron chi connectivity index (χ1n) is 8.34. The largest absolute Gasteiger partial charge is 0.352 e. The molecule has 0 aliphatic carbocycles. The lowest BCUT2D eigenvalue weighted by molar-refractivity contribution is 0.0954. The molecule has 0 bridgehead atoms. The Balaban J connectivity index is 1.65. The average Bonchev–Trinajstić information content (AvgIpc) is 2.70. The third-order valence-corrected chi connectivity index (χ3v) is 3.96. The number of anilines is 2. The van der Waals surface area contributed by atoms with Crippen molar-refractivity contribution in [3.63, 3.8) is 0 Å². The molecule has 8 heteroatoms. The van der Waals surface area contributed by atoms with Crippen LogP contribution in [0.5, 0.6) is 0 Å². The number of hydrogen-bond acceptors (Lipinski definition) is 3. The van der Waals surface area contributed by atoms with Crippen molar-refractivity contribution in [2.24, 2.45) is 0 Å². The van der Waals surface area contributed by atoms with Gasteiger partial charge in [-0.1, -0.05) is 18.2 Å². The average molecular weight is 389 g/mol. The van der Waals surface area contributed by atoms with Crippen LogP contribution < -0.4 is 10.6 Å². The van der Waals surface area contributed by atoms with E-state index in [0.29, 0.717) is 12.0 Å². The molecule has 0 aliphatic rings. The van der Waals surface area contributed by atoms with E-state index in [1.807, 2.05) is 0 Å². The molecule has 0 saturated carbocycles. The molecular formula is C20H15F4N3O. The van der Waals surface area contributed by atoms with Crippen molar-refractivity contribution in [1.29, 1.82) is 0 Å². The summed E-state index contributed by atoms with van der Waals surface area (Å²) < 4.78 is 53.6. The number of rotatable bonds is 6. The zero-order chi connectivity index (χ0) is 20.1. The summed E-state index contributed by atoms with van der Waals surface area (Å²) in [4.78, 5) is 16.2. The summed E-state index contributed by atoms with van der Waals surface area (Å²) in [6.07, 6.45) is 1.63. The number of amides is 1. The minimum atomic E-state index is -1.60.